The van der Waals surface area contributed by atoms with Gasteiger partial charge in [0.15, 0.2) is 10.4 Å². The van der Waals surface area contributed by atoms with E-state index in [-0.39, 0.29) is 27.3 Å². The van der Waals surface area contributed by atoms with E-state index in [1.807, 2.05) is 6.92 Å². The molecule has 1 aromatic rings. The van der Waals surface area contributed by atoms with Crippen molar-refractivity contribution >= 4 is 41.6 Å². The quantitative estimate of drug-likeness (QED) is 0.746. The Labute approximate surface area is 130 Å². The van der Waals surface area contributed by atoms with Crippen LogP contribution in [0.2, 0.25) is 0 Å². The maximum Gasteiger partial charge on any atom is 0.289 e. The van der Waals surface area contributed by atoms with E-state index in [0.29, 0.717) is 6.54 Å². The zero-order valence-electron chi connectivity index (χ0n) is 10.9. The minimum Gasteiger partial charge on any atom is -0.443 e. The fraction of sp³-hybridized carbons (Fsp3) is 0.583. The van der Waals surface area contributed by atoms with E-state index in [4.69, 9.17) is 15.1 Å². The Morgan fingerprint density at radius 3 is 2.55 bits per heavy atom. The molecule has 0 aliphatic heterocycles. The first-order valence-corrected chi connectivity index (χ1v) is 9.49. The van der Waals surface area contributed by atoms with Gasteiger partial charge in [0.25, 0.3) is 15.0 Å². The first-order chi connectivity index (χ1) is 9.34. The molecule has 0 N–H and O–H groups in total. The average molecular weight is 385 g/mol. The molecule has 1 aromatic heterocycles. The number of nitrogens with zero attached hydrogens (tertiary/aromatic N) is 1. The molecule has 1 heterocycles. The molecular weight excluding hydrogens is 370 g/mol. The molecule has 20 heavy (non-hydrogen) atoms. The molecule has 0 aromatic carbocycles. The molecule has 0 spiro atoms. The fourth-order valence-corrected chi connectivity index (χ4v) is 4.58. The van der Waals surface area contributed by atoms with Crippen LogP contribution in [0.4, 0.5) is 0 Å². The molecule has 112 valence electrons. The molecule has 1 saturated carbocycles. The molecule has 0 unspecified atom stereocenters. The summed E-state index contributed by atoms with van der Waals surface area (Å²) in [6.45, 7) is 2.46. The van der Waals surface area contributed by atoms with Crippen LogP contribution in [0, 0.1) is 0 Å². The highest BCUT2D eigenvalue weighted by Gasteiger charge is 2.30. The summed E-state index contributed by atoms with van der Waals surface area (Å²) >= 11 is 2.97. The van der Waals surface area contributed by atoms with Gasteiger partial charge in [-0.3, -0.25) is 4.79 Å². The molecule has 0 radical (unpaired) electrons. The lowest BCUT2D eigenvalue weighted by molar-refractivity contribution is 0.0659. The van der Waals surface area contributed by atoms with E-state index in [0.717, 1.165) is 25.7 Å². The number of carbonyl (C=O) groups excluding carboxylic acids is 1. The molecule has 0 bridgehead atoms. The topological polar surface area (TPSA) is 67.6 Å². The van der Waals surface area contributed by atoms with Crippen molar-refractivity contribution in [3.63, 3.8) is 0 Å². The smallest absolute Gasteiger partial charge is 0.289 e. The van der Waals surface area contributed by atoms with Crippen LogP contribution in [-0.2, 0) is 9.05 Å². The minimum absolute atomic E-state index is 0.00940. The lowest BCUT2D eigenvalue weighted by atomic mass is 10.2. The Morgan fingerprint density at radius 2 is 2.10 bits per heavy atom. The molecule has 1 aliphatic rings. The lowest BCUT2D eigenvalue weighted by Gasteiger charge is -2.26. The van der Waals surface area contributed by atoms with Crippen molar-refractivity contribution in [1.82, 2.24) is 4.90 Å². The SMILES string of the molecule is CCN(C(=O)c1cc(S(=O)(=O)Cl)c(Br)o1)C1CCCC1. The number of hydrogen-bond donors (Lipinski definition) is 0. The Bertz CT molecular complexity index is 607. The highest BCUT2D eigenvalue weighted by Crippen LogP contribution is 2.31. The first kappa shape index (κ1) is 15.9. The molecule has 5 nitrogen and oxygen atoms in total. The molecule has 1 aliphatic carbocycles. The van der Waals surface area contributed by atoms with E-state index in [2.05, 4.69) is 15.9 Å². The first-order valence-electron chi connectivity index (χ1n) is 6.39. The zero-order chi connectivity index (χ0) is 14.9. The van der Waals surface area contributed by atoms with Gasteiger partial charge in [0.2, 0.25) is 0 Å². The van der Waals surface area contributed by atoms with Crippen molar-refractivity contribution in [2.45, 2.75) is 43.5 Å². The second-order valence-corrected chi connectivity index (χ2v) is 7.97. The molecule has 8 heteroatoms. The van der Waals surface area contributed by atoms with Crippen molar-refractivity contribution in [2.75, 3.05) is 6.54 Å². The molecular formula is C12H15BrClNO4S. The molecule has 1 fully saturated rings. The third-order valence-electron chi connectivity index (χ3n) is 3.50. The van der Waals surface area contributed by atoms with Gasteiger partial charge in [-0.15, -0.1) is 0 Å². The Hall–Kier alpha value is -0.530. The minimum atomic E-state index is -3.94. The number of rotatable bonds is 4. The second kappa shape index (κ2) is 6.07. The maximum absolute atomic E-state index is 12.4. The van der Waals surface area contributed by atoms with Crippen LogP contribution in [0.1, 0.15) is 43.2 Å². The summed E-state index contributed by atoms with van der Waals surface area (Å²) in [7, 11) is 1.34. The van der Waals surface area contributed by atoms with E-state index in [1.165, 1.54) is 6.07 Å². The molecule has 0 atom stereocenters. The summed E-state index contributed by atoms with van der Waals surface area (Å²) in [4.78, 5) is 13.9. The van der Waals surface area contributed by atoms with Crippen molar-refractivity contribution in [3.8, 4) is 0 Å². The van der Waals surface area contributed by atoms with E-state index in [1.54, 1.807) is 4.90 Å². The van der Waals surface area contributed by atoms with Gasteiger partial charge in [-0.1, -0.05) is 12.8 Å². The number of amides is 1. The Kier molecular flexibility index (Phi) is 4.81. The number of halogens is 2. The van der Waals surface area contributed by atoms with E-state index in [9.17, 15) is 13.2 Å². The Morgan fingerprint density at radius 1 is 1.50 bits per heavy atom. The third kappa shape index (κ3) is 3.20. The summed E-state index contributed by atoms with van der Waals surface area (Å²) in [5.41, 5.74) is 0. The van der Waals surface area contributed by atoms with Crippen molar-refractivity contribution in [1.29, 1.82) is 0 Å². The van der Waals surface area contributed by atoms with Gasteiger partial charge in [-0.05, 0) is 35.7 Å². The highest BCUT2D eigenvalue weighted by atomic mass is 79.9. The van der Waals surface area contributed by atoms with Crippen LogP contribution in [0.3, 0.4) is 0 Å². The van der Waals surface area contributed by atoms with E-state index < -0.39 is 9.05 Å². The van der Waals surface area contributed by atoms with E-state index >= 15 is 0 Å². The van der Waals surface area contributed by atoms with Crippen molar-refractivity contribution in [2.24, 2.45) is 0 Å². The monoisotopic (exact) mass is 383 g/mol. The van der Waals surface area contributed by atoms with Crippen LogP contribution in [0.25, 0.3) is 0 Å². The second-order valence-electron chi connectivity index (χ2n) is 4.72. The van der Waals surface area contributed by atoms with Crippen molar-refractivity contribution < 1.29 is 17.6 Å². The molecule has 1 amide bonds. The summed E-state index contributed by atoms with van der Waals surface area (Å²) in [6, 6.07) is 1.37. The largest absolute Gasteiger partial charge is 0.443 e. The van der Waals surface area contributed by atoms with Crippen LogP contribution in [0.15, 0.2) is 20.0 Å². The van der Waals surface area contributed by atoms with Crippen LogP contribution in [-0.4, -0.2) is 31.8 Å². The van der Waals surface area contributed by atoms with Gasteiger partial charge in [0.1, 0.15) is 4.90 Å². The number of furan rings is 1. The molecule has 2 rings (SSSR count). The number of hydrogen-bond acceptors (Lipinski definition) is 4. The Balaban J connectivity index is 2.28. The van der Waals surface area contributed by atoms with Gasteiger partial charge < -0.3 is 9.32 Å². The molecule has 0 saturated heterocycles. The van der Waals surface area contributed by atoms with Crippen molar-refractivity contribution in [3.05, 3.63) is 16.5 Å². The predicted octanol–water partition coefficient (Wildman–Crippen LogP) is 3.37. The predicted molar refractivity (Wildman–Crippen MR) is 78.4 cm³/mol. The van der Waals surface area contributed by atoms with Crippen LogP contribution >= 0.6 is 26.6 Å². The zero-order valence-corrected chi connectivity index (χ0v) is 14.1. The van der Waals surface area contributed by atoms with Gasteiger partial charge in [-0.25, -0.2) is 8.42 Å². The summed E-state index contributed by atoms with van der Waals surface area (Å²) in [6.07, 6.45) is 4.17. The standard InChI is InChI=1S/C12H15BrClNO4S/c1-2-15(8-5-3-4-6-8)12(16)9-7-10(11(13)19-9)20(14,17)18/h7-8H,2-6H2,1H3. The van der Waals surface area contributed by atoms with Gasteiger partial charge >= 0.3 is 0 Å². The van der Waals surface area contributed by atoms with Crippen LogP contribution in [0.5, 0.6) is 0 Å². The number of carbonyl (C=O) groups is 1. The van der Waals surface area contributed by atoms with Gasteiger partial charge in [-0.2, -0.15) is 0 Å². The summed E-state index contributed by atoms with van der Waals surface area (Å²) in [5, 5.41) is 0. The van der Waals surface area contributed by atoms with Crippen LogP contribution < -0.4 is 0 Å². The normalized spacial score (nSPS) is 16.6. The maximum atomic E-state index is 12.4. The third-order valence-corrected chi connectivity index (χ3v) is 5.67. The summed E-state index contributed by atoms with van der Waals surface area (Å²) < 4.78 is 27.8. The summed E-state index contributed by atoms with van der Waals surface area (Å²) in [5.74, 6) is -0.309. The van der Waals surface area contributed by atoms with Gasteiger partial charge in [0, 0.05) is 29.3 Å². The highest BCUT2D eigenvalue weighted by molar-refractivity contribution is 9.10. The lowest BCUT2D eigenvalue weighted by Crippen LogP contribution is -2.38. The fourth-order valence-electron chi connectivity index (χ4n) is 2.55. The average Bonchev–Trinajstić information content (AvgIpc) is 2.98. The van der Waals surface area contributed by atoms with Gasteiger partial charge in [0.05, 0.1) is 0 Å².